The minimum Gasteiger partial charge on any atom is -0.497 e. The van der Waals surface area contributed by atoms with Crippen molar-refractivity contribution in [2.45, 2.75) is 6.54 Å². The third-order valence-corrected chi connectivity index (χ3v) is 2.31. The van der Waals surface area contributed by atoms with Gasteiger partial charge in [-0.1, -0.05) is 12.1 Å². The fraction of sp³-hybridized carbons (Fsp3) is 0.154. The van der Waals surface area contributed by atoms with E-state index in [0.717, 1.165) is 18.0 Å². The molecule has 1 N–H and O–H groups in total. The lowest BCUT2D eigenvalue weighted by atomic mass is 10.2. The molecule has 3 heteroatoms. The zero-order chi connectivity index (χ0) is 11.2. The van der Waals surface area contributed by atoms with Crippen molar-refractivity contribution in [1.29, 1.82) is 0 Å². The van der Waals surface area contributed by atoms with Crippen LogP contribution in [-0.4, -0.2) is 12.1 Å². The summed E-state index contributed by atoms with van der Waals surface area (Å²) in [5, 5.41) is 3.32. The average Bonchev–Trinajstić information content (AvgIpc) is 2.38. The maximum Gasteiger partial charge on any atom is 0.119 e. The van der Waals surface area contributed by atoms with Crippen molar-refractivity contribution in [1.82, 2.24) is 4.98 Å². The Balaban J connectivity index is 1.99. The number of hydrogen-bond acceptors (Lipinski definition) is 3. The summed E-state index contributed by atoms with van der Waals surface area (Å²) in [6.45, 7) is 0.779. The SMILES string of the molecule is COc1cccc(CNc2ccncc2)c1. The predicted octanol–water partition coefficient (Wildman–Crippen LogP) is 2.70. The second-order valence-electron chi connectivity index (χ2n) is 3.44. The maximum atomic E-state index is 5.17. The van der Waals surface area contributed by atoms with Crippen LogP contribution in [0.3, 0.4) is 0 Å². The van der Waals surface area contributed by atoms with Crippen molar-refractivity contribution >= 4 is 5.69 Å². The standard InChI is InChI=1S/C13H14N2O/c1-16-13-4-2-3-11(9-13)10-15-12-5-7-14-8-6-12/h2-9H,10H2,1H3,(H,14,15). The minimum atomic E-state index is 0.779. The van der Waals surface area contributed by atoms with E-state index in [1.165, 1.54) is 5.56 Å². The van der Waals surface area contributed by atoms with Crippen LogP contribution in [0.2, 0.25) is 0 Å². The van der Waals surface area contributed by atoms with Gasteiger partial charge in [0.1, 0.15) is 5.75 Å². The predicted molar refractivity (Wildman–Crippen MR) is 64.6 cm³/mol. The lowest BCUT2D eigenvalue weighted by molar-refractivity contribution is 0.414. The molecule has 16 heavy (non-hydrogen) atoms. The number of rotatable bonds is 4. The van der Waals surface area contributed by atoms with E-state index in [-0.39, 0.29) is 0 Å². The molecular formula is C13H14N2O. The average molecular weight is 214 g/mol. The summed E-state index contributed by atoms with van der Waals surface area (Å²) in [7, 11) is 1.68. The summed E-state index contributed by atoms with van der Waals surface area (Å²) in [4.78, 5) is 3.97. The van der Waals surface area contributed by atoms with Crippen LogP contribution >= 0.6 is 0 Å². The highest BCUT2D eigenvalue weighted by Gasteiger charge is 1.95. The van der Waals surface area contributed by atoms with Crippen molar-refractivity contribution in [3.05, 3.63) is 54.4 Å². The summed E-state index contributed by atoms with van der Waals surface area (Å²) in [5.41, 5.74) is 2.26. The molecule has 0 aliphatic rings. The Morgan fingerprint density at radius 2 is 2.00 bits per heavy atom. The number of aromatic nitrogens is 1. The maximum absolute atomic E-state index is 5.17. The number of nitrogens with one attached hydrogen (secondary N) is 1. The Bertz CT molecular complexity index is 443. The first-order valence-corrected chi connectivity index (χ1v) is 5.15. The third-order valence-electron chi connectivity index (χ3n) is 2.31. The van der Waals surface area contributed by atoms with Gasteiger partial charge in [-0.25, -0.2) is 0 Å². The zero-order valence-electron chi connectivity index (χ0n) is 9.18. The van der Waals surface area contributed by atoms with Gasteiger partial charge in [0.2, 0.25) is 0 Å². The van der Waals surface area contributed by atoms with Crippen LogP contribution in [0.5, 0.6) is 5.75 Å². The largest absolute Gasteiger partial charge is 0.497 e. The molecule has 0 saturated heterocycles. The van der Waals surface area contributed by atoms with Crippen LogP contribution in [0.15, 0.2) is 48.8 Å². The molecule has 0 aliphatic carbocycles. The van der Waals surface area contributed by atoms with Gasteiger partial charge in [0.15, 0.2) is 0 Å². The molecular weight excluding hydrogens is 200 g/mol. The molecule has 1 heterocycles. The third kappa shape index (κ3) is 2.73. The van der Waals surface area contributed by atoms with Crippen molar-refractivity contribution < 1.29 is 4.74 Å². The van der Waals surface area contributed by atoms with Gasteiger partial charge in [-0.15, -0.1) is 0 Å². The number of hydrogen-bond donors (Lipinski definition) is 1. The number of benzene rings is 1. The first kappa shape index (κ1) is 10.5. The van der Waals surface area contributed by atoms with Gasteiger partial charge in [0.25, 0.3) is 0 Å². The van der Waals surface area contributed by atoms with Crippen LogP contribution in [-0.2, 0) is 6.54 Å². The number of nitrogens with zero attached hydrogens (tertiary/aromatic N) is 1. The summed E-state index contributed by atoms with van der Waals surface area (Å²) in [6.07, 6.45) is 3.54. The Morgan fingerprint density at radius 3 is 2.75 bits per heavy atom. The molecule has 0 fully saturated rings. The quantitative estimate of drug-likeness (QED) is 0.849. The van der Waals surface area contributed by atoms with E-state index in [1.54, 1.807) is 19.5 Å². The topological polar surface area (TPSA) is 34.1 Å². The highest BCUT2D eigenvalue weighted by Crippen LogP contribution is 2.14. The number of pyridine rings is 1. The molecule has 2 rings (SSSR count). The molecule has 0 spiro atoms. The highest BCUT2D eigenvalue weighted by atomic mass is 16.5. The van der Waals surface area contributed by atoms with Gasteiger partial charge in [-0.3, -0.25) is 4.98 Å². The Kier molecular flexibility index (Phi) is 3.38. The van der Waals surface area contributed by atoms with Crippen LogP contribution in [0, 0.1) is 0 Å². The van der Waals surface area contributed by atoms with Crippen LogP contribution in [0.1, 0.15) is 5.56 Å². The molecule has 2 aromatic rings. The monoisotopic (exact) mass is 214 g/mol. The molecule has 1 aromatic heterocycles. The van der Waals surface area contributed by atoms with Crippen molar-refractivity contribution in [3.63, 3.8) is 0 Å². The second-order valence-corrected chi connectivity index (χ2v) is 3.44. The number of ether oxygens (including phenoxy) is 1. The number of methoxy groups -OCH3 is 1. The fourth-order valence-corrected chi connectivity index (χ4v) is 1.46. The fourth-order valence-electron chi connectivity index (χ4n) is 1.46. The summed E-state index contributed by atoms with van der Waals surface area (Å²) < 4.78 is 5.17. The van der Waals surface area contributed by atoms with Crippen molar-refractivity contribution in [2.75, 3.05) is 12.4 Å². The zero-order valence-corrected chi connectivity index (χ0v) is 9.18. The molecule has 0 radical (unpaired) electrons. The van der Waals surface area contributed by atoms with E-state index in [2.05, 4.69) is 16.4 Å². The molecule has 3 nitrogen and oxygen atoms in total. The summed E-state index contributed by atoms with van der Waals surface area (Å²) in [6, 6.07) is 11.9. The molecule has 0 amide bonds. The molecule has 1 aromatic carbocycles. The first-order valence-electron chi connectivity index (χ1n) is 5.15. The highest BCUT2D eigenvalue weighted by molar-refractivity contribution is 5.42. The van der Waals surface area contributed by atoms with Gasteiger partial charge < -0.3 is 10.1 Å². The Hall–Kier alpha value is -2.03. The normalized spacial score (nSPS) is 9.81. The van der Waals surface area contributed by atoms with E-state index in [9.17, 15) is 0 Å². The number of anilines is 1. The van der Waals surface area contributed by atoms with Gasteiger partial charge in [-0.05, 0) is 29.8 Å². The summed E-state index contributed by atoms with van der Waals surface area (Å²) >= 11 is 0. The smallest absolute Gasteiger partial charge is 0.119 e. The lowest BCUT2D eigenvalue weighted by Crippen LogP contribution is -1.99. The minimum absolute atomic E-state index is 0.779. The molecule has 82 valence electrons. The Morgan fingerprint density at radius 1 is 1.19 bits per heavy atom. The van der Waals surface area contributed by atoms with Crippen molar-refractivity contribution in [2.24, 2.45) is 0 Å². The molecule has 0 bridgehead atoms. The van der Waals surface area contributed by atoms with Gasteiger partial charge in [-0.2, -0.15) is 0 Å². The van der Waals surface area contributed by atoms with E-state index >= 15 is 0 Å². The van der Waals surface area contributed by atoms with Gasteiger partial charge >= 0.3 is 0 Å². The van der Waals surface area contributed by atoms with E-state index in [1.807, 2.05) is 30.3 Å². The van der Waals surface area contributed by atoms with Gasteiger partial charge in [0.05, 0.1) is 7.11 Å². The Labute approximate surface area is 95.1 Å². The van der Waals surface area contributed by atoms with Crippen LogP contribution in [0.25, 0.3) is 0 Å². The summed E-state index contributed by atoms with van der Waals surface area (Å²) in [5.74, 6) is 0.883. The van der Waals surface area contributed by atoms with Crippen molar-refractivity contribution in [3.8, 4) is 5.75 Å². The molecule has 0 atom stereocenters. The van der Waals surface area contributed by atoms with Crippen LogP contribution in [0.4, 0.5) is 5.69 Å². The molecule has 0 unspecified atom stereocenters. The first-order chi connectivity index (χ1) is 7.88. The molecule has 0 saturated carbocycles. The van der Waals surface area contributed by atoms with Crippen LogP contribution < -0.4 is 10.1 Å². The second kappa shape index (κ2) is 5.16. The van der Waals surface area contributed by atoms with E-state index in [4.69, 9.17) is 4.74 Å². The molecule has 0 aliphatic heterocycles. The van der Waals surface area contributed by atoms with Gasteiger partial charge in [0, 0.05) is 24.6 Å². The lowest BCUT2D eigenvalue weighted by Gasteiger charge is -2.07. The van der Waals surface area contributed by atoms with E-state index in [0.29, 0.717) is 0 Å². The van der Waals surface area contributed by atoms with E-state index < -0.39 is 0 Å².